The highest BCUT2D eigenvalue weighted by molar-refractivity contribution is 5.86. The Morgan fingerprint density at radius 1 is 1.31 bits per heavy atom. The van der Waals surface area contributed by atoms with Gasteiger partial charge in [0.25, 0.3) is 0 Å². The van der Waals surface area contributed by atoms with E-state index in [4.69, 9.17) is 5.73 Å². The second-order valence-electron chi connectivity index (χ2n) is 3.70. The van der Waals surface area contributed by atoms with E-state index >= 15 is 0 Å². The molecular formula is C11H14N2. The number of nitrogens with two attached hydrogens (primary N) is 1. The van der Waals surface area contributed by atoms with Gasteiger partial charge < -0.3 is 10.7 Å². The van der Waals surface area contributed by atoms with E-state index in [1.54, 1.807) is 0 Å². The highest BCUT2D eigenvalue weighted by Gasteiger charge is 2.06. The third-order valence-corrected chi connectivity index (χ3v) is 2.36. The number of nitrogens with one attached hydrogen (secondary N) is 1. The zero-order valence-corrected chi connectivity index (χ0v) is 7.96. The number of benzene rings is 1. The van der Waals surface area contributed by atoms with Crippen molar-refractivity contribution in [3.05, 3.63) is 30.0 Å². The van der Waals surface area contributed by atoms with Crippen LogP contribution in [0, 0.1) is 0 Å². The minimum atomic E-state index is 0.553. The Bertz CT molecular complexity index is 427. The van der Waals surface area contributed by atoms with Gasteiger partial charge in [-0.25, -0.2) is 0 Å². The number of aromatic amines is 1. The van der Waals surface area contributed by atoms with Crippen LogP contribution in [0.1, 0.15) is 25.3 Å². The first-order valence-electron chi connectivity index (χ1n) is 4.55. The minimum Gasteiger partial charge on any atom is -0.399 e. The van der Waals surface area contributed by atoms with Gasteiger partial charge >= 0.3 is 0 Å². The molecule has 0 aliphatic carbocycles. The van der Waals surface area contributed by atoms with E-state index in [1.165, 1.54) is 10.9 Å². The summed E-state index contributed by atoms with van der Waals surface area (Å²) >= 11 is 0. The standard InChI is InChI=1S/C11H14N2/c1-7(2)10-6-13-11-5-8(12)3-4-9(10)11/h3-7,13H,12H2,1-2H3. The molecule has 2 aromatic rings. The Morgan fingerprint density at radius 2 is 2.08 bits per heavy atom. The van der Waals surface area contributed by atoms with Crippen molar-refractivity contribution in [2.75, 3.05) is 5.73 Å². The van der Waals surface area contributed by atoms with Crippen molar-refractivity contribution < 1.29 is 0 Å². The Hall–Kier alpha value is -1.44. The van der Waals surface area contributed by atoms with Gasteiger partial charge in [-0.3, -0.25) is 0 Å². The smallest absolute Gasteiger partial charge is 0.0477 e. The van der Waals surface area contributed by atoms with Gasteiger partial charge in [0.05, 0.1) is 0 Å². The fourth-order valence-electron chi connectivity index (χ4n) is 1.64. The van der Waals surface area contributed by atoms with E-state index in [-0.39, 0.29) is 0 Å². The van der Waals surface area contributed by atoms with Crippen molar-refractivity contribution in [2.24, 2.45) is 0 Å². The quantitative estimate of drug-likeness (QED) is 0.641. The fourth-order valence-corrected chi connectivity index (χ4v) is 1.64. The summed E-state index contributed by atoms with van der Waals surface area (Å²) in [6, 6.07) is 6.00. The molecule has 68 valence electrons. The van der Waals surface area contributed by atoms with Crippen molar-refractivity contribution in [1.82, 2.24) is 4.98 Å². The first-order chi connectivity index (χ1) is 6.18. The molecule has 13 heavy (non-hydrogen) atoms. The predicted octanol–water partition coefficient (Wildman–Crippen LogP) is 2.87. The topological polar surface area (TPSA) is 41.8 Å². The monoisotopic (exact) mass is 174 g/mol. The number of nitrogen functional groups attached to an aromatic ring is 1. The third kappa shape index (κ3) is 1.28. The molecule has 3 N–H and O–H groups in total. The number of aromatic nitrogens is 1. The molecule has 0 amide bonds. The van der Waals surface area contributed by atoms with E-state index in [0.717, 1.165) is 11.2 Å². The number of hydrogen-bond acceptors (Lipinski definition) is 1. The van der Waals surface area contributed by atoms with Crippen molar-refractivity contribution in [1.29, 1.82) is 0 Å². The lowest BCUT2D eigenvalue weighted by Crippen LogP contribution is -1.85. The normalized spacial score (nSPS) is 11.3. The number of rotatable bonds is 1. The first kappa shape index (κ1) is 8.17. The molecule has 0 unspecified atom stereocenters. The zero-order valence-electron chi connectivity index (χ0n) is 7.96. The van der Waals surface area contributed by atoms with Crippen molar-refractivity contribution in [3.63, 3.8) is 0 Å². The molecule has 2 rings (SSSR count). The van der Waals surface area contributed by atoms with Crippen molar-refractivity contribution in [2.45, 2.75) is 19.8 Å². The maximum atomic E-state index is 5.69. The van der Waals surface area contributed by atoms with Crippen LogP contribution in [0.15, 0.2) is 24.4 Å². The molecule has 0 aliphatic rings. The molecule has 0 aliphatic heterocycles. The average molecular weight is 174 g/mol. The molecule has 0 spiro atoms. The van der Waals surface area contributed by atoms with Gasteiger partial charge in [0, 0.05) is 22.8 Å². The van der Waals surface area contributed by atoms with Crippen molar-refractivity contribution in [3.8, 4) is 0 Å². The van der Waals surface area contributed by atoms with E-state index < -0.39 is 0 Å². The summed E-state index contributed by atoms with van der Waals surface area (Å²) in [5.41, 5.74) is 8.98. The van der Waals surface area contributed by atoms with Crippen LogP contribution < -0.4 is 5.73 Å². The van der Waals surface area contributed by atoms with Crippen LogP contribution in [0.2, 0.25) is 0 Å². The van der Waals surface area contributed by atoms with Crippen LogP contribution in [-0.4, -0.2) is 4.98 Å². The Kier molecular flexibility index (Phi) is 1.76. The molecule has 2 nitrogen and oxygen atoms in total. The Morgan fingerprint density at radius 3 is 2.77 bits per heavy atom. The van der Waals surface area contributed by atoms with Crippen LogP contribution in [0.5, 0.6) is 0 Å². The Labute approximate surface area is 77.8 Å². The van der Waals surface area contributed by atoms with Gasteiger partial charge in [-0.2, -0.15) is 0 Å². The van der Waals surface area contributed by atoms with Crippen LogP contribution in [-0.2, 0) is 0 Å². The van der Waals surface area contributed by atoms with Gasteiger partial charge in [-0.1, -0.05) is 19.9 Å². The van der Waals surface area contributed by atoms with Gasteiger partial charge in [-0.15, -0.1) is 0 Å². The van der Waals surface area contributed by atoms with E-state index in [1.807, 2.05) is 12.1 Å². The molecule has 1 aromatic heterocycles. The third-order valence-electron chi connectivity index (χ3n) is 2.36. The second-order valence-corrected chi connectivity index (χ2v) is 3.70. The maximum absolute atomic E-state index is 5.69. The molecule has 0 atom stereocenters. The van der Waals surface area contributed by atoms with Crippen LogP contribution in [0.4, 0.5) is 5.69 Å². The molecule has 0 radical (unpaired) electrons. The number of fused-ring (bicyclic) bond motifs is 1. The number of H-pyrrole nitrogens is 1. The van der Waals surface area contributed by atoms with Gasteiger partial charge in [-0.05, 0) is 23.6 Å². The summed E-state index contributed by atoms with van der Waals surface area (Å²) in [5.74, 6) is 0.553. The predicted molar refractivity (Wildman–Crippen MR) is 56.8 cm³/mol. The van der Waals surface area contributed by atoms with Gasteiger partial charge in [0.2, 0.25) is 0 Å². The first-order valence-corrected chi connectivity index (χ1v) is 4.55. The fraction of sp³-hybridized carbons (Fsp3) is 0.273. The molecular weight excluding hydrogens is 160 g/mol. The summed E-state index contributed by atoms with van der Waals surface area (Å²) in [7, 11) is 0. The van der Waals surface area contributed by atoms with Gasteiger partial charge in [0.1, 0.15) is 0 Å². The Balaban J connectivity index is 2.69. The SMILES string of the molecule is CC(C)c1c[nH]c2cc(N)ccc12. The molecule has 2 heteroatoms. The van der Waals surface area contributed by atoms with Crippen LogP contribution in [0.3, 0.4) is 0 Å². The lowest BCUT2D eigenvalue weighted by atomic mass is 10.0. The van der Waals surface area contributed by atoms with E-state index in [2.05, 4.69) is 31.1 Å². The summed E-state index contributed by atoms with van der Waals surface area (Å²) in [6.45, 7) is 4.39. The molecule has 0 saturated carbocycles. The van der Waals surface area contributed by atoms with E-state index in [0.29, 0.717) is 5.92 Å². The number of anilines is 1. The molecule has 0 fully saturated rings. The lowest BCUT2D eigenvalue weighted by Gasteiger charge is -2.01. The zero-order chi connectivity index (χ0) is 9.42. The lowest BCUT2D eigenvalue weighted by molar-refractivity contribution is 0.875. The van der Waals surface area contributed by atoms with Crippen LogP contribution in [0.25, 0.3) is 10.9 Å². The second kappa shape index (κ2) is 2.80. The highest BCUT2D eigenvalue weighted by atomic mass is 14.7. The number of hydrogen-bond donors (Lipinski definition) is 2. The maximum Gasteiger partial charge on any atom is 0.0477 e. The summed E-state index contributed by atoms with van der Waals surface area (Å²) in [6.07, 6.45) is 2.06. The molecule has 0 bridgehead atoms. The molecule has 0 saturated heterocycles. The van der Waals surface area contributed by atoms with E-state index in [9.17, 15) is 0 Å². The summed E-state index contributed by atoms with van der Waals surface area (Å²) in [5, 5.41) is 1.28. The summed E-state index contributed by atoms with van der Waals surface area (Å²) < 4.78 is 0. The molecule has 1 aromatic carbocycles. The van der Waals surface area contributed by atoms with Crippen molar-refractivity contribution >= 4 is 16.6 Å². The minimum absolute atomic E-state index is 0.553. The average Bonchev–Trinajstić information content (AvgIpc) is 2.46. The molecule has 1 heterocycles. The highest BCUT2D eigenvalue weighted by Crippen LogP contribution is 2.26. The summed E-state index contributed by atoms with van der Waals surface area (Å²) in [4.78, 5) is 3.23. The largest absolute Gasteiger partial charge is 0.399 e. The van der Waals surface area contributed by atoms with Gasteiger partial charge in [0.15, 0.2) is 0 Å². The van der Waals surface area contributed by atoms with Crippen LogP contribution >= 0.6 is 0 Å².